The molecular formula is C14H23NO4S. The number of aliphatic hydroxyl groups is 1. The molecule has 0 spiro atoms. The molecule has 0 amide bonds. The van der Waals surface area contributed by atoms with Gasteiger partial charge < -0.3 is 9.52 Å². The topological polar surface area (TPSA) is 70.8 Å². The third kappa shape index (κ3) is 3.24. The van der Waals surface area contributed by atoms with E-state index in [9.17, 15) is 8.42 Å². The molecule has 1 aromatic rings. The van der Waals surface area contributed by atoms with Gasteiger partial charge in [-0.05, 0) is 25.7 Å². The van der Waals surface area contributed by atoms with Gasteiger partial charge in [0.2, 0.25) is 10.0 Å². The molecule has 1 heterocycles. The van der Waals surface area contributed by atoms with Gasteiger partial charge in [0.1, 0.15) is 23.0 Å². The molecule has 0 unspecified atom stereocenters. The van der Waals surface area contributed by atoms with Gasteiger partial charge in [-0.2, -0.15) is 0 Å². The zero-order valence-electron chi connectivity index (χ0n) is 12.1. The predicted octanol–water partition coefficient (Wildman–Crippen LogP) is 2.28. The Hall–Kier alpha value is -0.850. The molecule has 1 saturated carbocycles. The smallest absolute Gasteiger partial charge is 0.246 e. The summed E-state index contributed by atoms with van der Waals surface area (Å²) in [5.74, 6) is 1.07. The van der Waals surface area contributed by atoms with Crippen molar-refractivity contribution < 1.29 is 17.9 Å². The summed E-state index contributed by atoms with van der Waals surface area (Å²) in [6, 6.07) is 1.42. The van der Waals surface area contributed by atoms with Crippen LogP contribution >= 0.6 is 0 Å². The van der Waals surface area contributed by atoms with Gasteiger partial charge in [0.25, 0.3) is 0 Å². The molecule has 0 saturated heterocycles. The summed E-state index contributed by atoms with van der Waals surface area (Å²) in [6.07, 6.45) is 5.85. The van der Waals surface area contributed by atoms with E-state index in [0.717, 1.165) is 12.8 Å². The fraction of sp³-hybridized carbons (Fsp3) is 0.714. The molecule has 5 nitrogen and oxygen atoms in total. The van der Waals surface area contributed by atoms with Crippen LogP contribution in [0.15, 0.2) is 15.4 Å². The van der Waals surface area contributed by atoms with Crippen molar-refractivity contribution in [3.05, 3.63) is 17.6 Å². The van der Waals surface area contributed by atoms with Crippen LogP contribution in [0.5, 0.6) is 0 Å². The molecule has 0 radical (unpaired) electrons. The average molecular weight is 301 g/mol. The first kappa shape index (κ1) is 15.5. The van der Waals surface area contributed by atoms with Gasteiger partial charge >= 0.3 is 0 Å². The molecular weight excluding hydrogens is 278 g/mol. The van der Waals surface area contributed by atoms with E-state index >= 15 is 0 Å². The second-order valence-corrected chi connectivity index (χ2v) is 7.59. The van der Waals surface area contributed by atoms with Crippen LogP contribution in [0.2, 0.25) is 0 Å². The van der Waals surface area contributed by atoms with E-state index in [2.05, 4.69) is 0 Å². The second-order valence-electron chi connectivity index (χ2n) is 5.58. The molecule has 2 rings (SSSR count). The Morgan fingerprint density at radius 3 is 2.55 bits per heavy atom. The maximum absolute atomic E-state index is 12.5. The minimum atomic E-state index is -3.53. The van der Waals surface area contributed by atoms with Crippen LogP contribution in [0, 0.1) is 12.8 Å². The number of nitrogens with zero attached hydrogens (tertiary/aromatic N) is 1. The molecule has 1 aliphatic rings. The molecule has 1 N–H and O–H groups in total. The normalized spacial score (nSPS) is 17.8. The van der Waals surface area contributed by atoms with Crippen molar-refractivity contribution in [2.75, 3.05) is 13.6 Å². The Morgan fingerprint density at radius 2 is 2.00 bits per heavy atom. The number of furan rings is 1. The standard InChI is InChI=1S/C14H23NO4S/c1-11-14(8-13(10-16)19-11)20(17,18)15(2)9-12-6-4-3-5-7-12/h8,12,16H,3-7,9-10H2,1-2H3. The lowest BCUT2D eigenvalue weighted by Crippen LogP contribution is -2.32. The van der Waals surface area contributed by atoms with E-state index in [1.54, 1.807) is 14.0 Å². The van der Waals surface area contributed by atoms with Crippen LogP contribution in [0.25, 0.3) is 0 Å². The van der Waals surface area contributed by atoms with Gasteiger partial charge in [-0.15, -0.1) is 0 Å². The highest BCUT2D eigenvalue weighted by Gasteiger charge is 2.28. The summed E-state index contributed by atoms with van der Waals surface area (Å²) in [7, 11) is -1.91. The van der Waals surface area contributed by atoms with Crippen molar-refractivity contribution >= 4 is 10.0 Å². The van der Waals surface area contributed by atoms with Crippen LogP contribution in [0.1, 0.15) is 43.6 Å². The number of rotatable bonds is 5. The lowest BCUT2D eigenvalue weighted by atomic mass is 9.89. The van der Waals surface area contributed by atoms with Crippen LogP contribution in [-0.4, -0.2) is 31.4 Å². The zero-order valence-corrected chi connectivity index (χ0v) is 12.9. The summed E-state index contributed by atoms with van der Waals surface area (Å²) < 4.78 is 31.7. The maximum atomic E-state index is 12.5. The van der Waals surface area contributed by atoms with Crippen molar-refractivity contribution in [1.82, 2.24) is 4.31 Å². The van der Waals surface area contributed by atoms with Gasteiger partial charge in [0.15, 0.2) is 0 Å². The molecule has 114 valence electrons. The predicted molar refractivity (Wildman–Crippen MR) is 75.8 cm³/mol. The molecule has 1 aromatic heterocycles. The fourth-order valence-electron chi connectivity index (χ4n) is 2.86. The number of aliphatic hydroxyl groups excluding tert-OH is 1. The Kier molecular flexibility index (Phi) is 4.88. The Balaban J connectivity index is 2.13. The molecule has 0 aliphatic heterocycles. The fourth-order valence-corrected chi connectivity index (χ4v) is 4.29. The zero-order chi connectivity index (χ0) is 14.8. The second kappa shape index (κ2) is 6.28. The first-order valence-electron chi connectivity index (χ1n) is 7.11. The van der Waals surface area contributed by atoms with Crippen LogP contribution in [0.4, 0.5) is 0 Å². The molecule has 1 aliphatic carbocycles. The van der Waals surface area contributed by atoms with Gasteiger partial charge in [-0.3, -0.25) is 0 Å². The monoisotopic (exact) mass is 301 g/mol. The third-order valence-electron chi connectivity index (χ3n) is 4.01. The Morgan fingerprint density at radius 1 is 1.35 bits per heavy atom. The molecule has 0 atom stereocenters. The van der Waals surface area contributed by atoms with Crippen molar-refractivity contribution in [2.45, 2.75) is 50.5 Å². The minimum Gasteiger partial charge on any atom is -0.462 e. The van der Waals surface area contributed by atoms with Gasteiger partial charge in [-0.1, -0.05) is 19.3 Å². The summed E-state index contributed by atoms with van der Waals surface area (Å²) in [6.45, 7) is 1.88. The minimum absolute atomic E-state index is 0.167. The molecule has 6 heteroatoms. The first-order chi connectivity index (χ1) is 9.45. The quantitative estimate of drug-likeness (QED) is 0.905. The lowest BCUT2D eigenvalue weighted by Gasteiger charge is -2.26. The van der Waals surface area contributed by atoms with E-state index in [-0.39, 0.29) is 17.3 Å². The maximum Gasteiger partial charge on any atom is 0.246 e. The summed E-state index contributed by atoms with van der Waals surface area (Å²) in [5, 5.41) is 9.04. The average Bonchev–Trinajstić information content (AvgIpc) is 2.82. The van der Waals surface area contributed by atoms with E-state index in [1.165, 1.54) is 29.6 Å². The van der Waals surface area contributed by atoms with Gasteiger partial charge in [-0.25, -0.2) is 12.7 Å². The Bertz CT molecular complexity index is 544. The highest BCUT2D eigenvalue weighted by atomic mass is 32.2. The summed E-state index contributed by atoms with van der Waals surface area (Å²) in [4.78, 5) is 0.167. The highest BCUT2D eigenvalue weighted by Crippen LogP contribution is 2.28. The van der Waals surface area contributed by atoms with Crippen molar-refractivity contribution in [3.63, 3.8) is 0 Å². The molecule has 0 aromatic carbocycles. The molecule has 1 fully saturated rings. The number of aryl methyl sites for hydroxylation is 1. The summed E-state index contributed by atoms with van der Waals surface area (Å²) in [5.41, 5.74) is 0. The van der Waals surface area contributed by atoms with Crippen LogP contribution < -0.4 is 0 Å². The van der Waals surface area contributed by atoms with Gasteiger partial charge in [0, 0.05) is 19.7 Å². The van der Waals surface area contributed by atoms with E-state index in [4.69, 9.17) is 9.52 Å². The van der Waals surface area contributed by atoms with E-state index in [0.29, 0.717) is 18.2 Å². The lowest BCUT2D eigenvalue weighted by molar-refractivity contribution is 0.244. The SMILES string of the molecule is Cc1oc(CO)cc1S(=O)(=O)N(C)CC1CCCCC1. The van der Waals surface area contributed by atoms with E-state index < -0.39 is 10.0 Å². The third-order valence-corrected chi connectivity index (χ3v) is 5.94. The number of hydrogen-bond acceptors (Lipinski definition) is 4. The highest BCUT2D eigenvalue weighted by molar-refractivity contribution is 7.89. The van der Waals surface area contributed by atoms with Crippen molar-refractivity contribution in [3.8, 4) is 0 Å². The molecule has 0 bridgehead atoms. The van der Waals surface area contributed by atoms with Crippen LogP contribution in [0.3, 0.4) is 0 Å². The number of sulfonamides is 1. The van der Waals surface area contributed by atoms with Gasteiger partial charge in [0.05, 0.1) is 0 Å². The van der Waals surface area contributed by atoms with Crippen molar-refractivity contribution in [1.29, 1.82) is 0 Å². The van der Waals surface area contributed by atoms with Crippen molar-refractivity contribution in [2.24, 2.45) is 5.92 Å². The summed E-state index contributed by atoms with van der Waals surface area (Å²) >= 11 is 0. The van der Waals surface area contributed by atoms with E-state index in [1.807, 2.05) is 0 Å². The molecule has 20 heavy (non-hydrogen) atoms. The number of hydrogen-bond donors (Lipinski definition) is 1. The first-order valence-corrected chi connectivity index (χ1v) is 8.55. The Labute approximate surface area is 120 Å². The van der Waals surface area contributed by atoms with Crippen LogP contribution in [-0.2, 0) is 16.6 Å². The largest absolute Gasteiger partial charge is 0.462 e.